The molecular weight excluding hydrogens is 1270 g/mol. The number of phenols is 1. The molecule has 510 valence electrons. The van der Waals surface area contributed by atoms with E-state index in [-0.39, 0.29) is 29.2 Å². The molecule has 1 aromatic heterocycles. The van der Waals surface area contributed by atoms with Crippen LogP contribution in [0.3, 0.4) is 0 Å². The molecule has 94 heavy (non-hydrogen) atoms. The van der Waals surface area contributed by atoms with E-state index in [1.807, 2.05) is 12.1 Å². The van der Waals surface area contributed by atoms with E-state index in [1.165, 1.54) is 62.1 Å². The number of nitrogens with one attached hydrogen (secondary N) is 5. The average Bonchev–Trinajstić information content (AvgIpc) is 1.62. The number of nitrogens with two attached hydrogens (primary N) is 1. The van der Waals surface area contributed by atoms with Gasteiger partial charge in [0.1, 0.15) is 46.3 Å². The first-order valence-corrected chi connectivity index (χ1v) is 32.5. The number of hydrogen-bond donors (Lipinski definition) is 14. The van der Waals surface area contributed by atoms with Crippen LogP contribution in [0.1, 0.15) is 81.6 Å². The van der Waals surface area contributed by atoms with Gasteiger partial charge in [-0.05, 0) is 92.6 Å². The van der Waals surface area contributed by atoms with Gasteiger partial charge >= 0.3 is 0 Å². The molecule has 12 unspecified atom stereocenters. The van der Waals surface area contributed by atoms with Gasteiger partial charge in [0.2, 0.25) is 41.4 Å². The monoisotopic (exact) mass is 1350 g/mol. The van der Waals surface area contributed by atoms with Crippen molar-refractivity contribution in [3.63, 3.8) is 0 Å². The van der Waals surface area contributed by atoms with E-state index in [9.17, 15) is 74.1 Å². The fourth-order valence-corrected chi connectivity index (χ4v) is 13.8. The summed E-state index contributed by atoms with van der Waals surface area (Å²) in [5.41, 5.74) is 8.13. The van der Waals surface area contributed by atoms with Crippen LogP contribution < -0.4 is 41.4 Å². The number of hydrogen-bond acceptors (Lipinski definition) is 25. The van der Waals surface area contributed by atoms with Gasteiger partial charge in [-0.3, -0.25) is 43.3 Å². The third-order valence-electron chi connectivity index (χ3n) is 17.9. The molecule has 31 nitrogen and oxygen atoms in total. The molecule has 4 saturated heterocycles. The summed E-state index contributed by atoms with van der Waals surface area (Å²) in [6, 6.07) is 6.87. The zero-order valence-electron chi connectivity index (χ0n) is 51.8. The largest absolute Gasteiger partial charge is 0.504 e. The third kappa shape index (κ3) is 17.2. The zero-order valence-corrected chi connectivity index (χ0v) is 53.4. The predicted octanol–water partition coefficient (Wildman–Crippen LogP) is -1.53. The fourth-order valence-electron chi connectivity index (χ4n) is 12.6. The van der Waals surface area contributed by atoms with Crippen LogP contribution in [0.2, 0.25) is 0 Å². The summed E-state index contributed by atoms with van der Waals surface area (Å²) < 4.78 is 9.32. The summed E-state index contributed by atoms with van der Waals surface area (Å²) >= 11 is 1.40. The number of amides is 8. The van der Waals surface area contributed by atoms with Gasteiger partial charge in [0.05, 0.1) is 43.0 Å². The van der Waals surface area contributed by atoms with Crippen molar-refractivity contribution in [2.75, 3.05) is 50.7 Å². The minimum Gasteiger partial charge on any atom is -0.504 e. The number of anilines is 1. The number of carbonyl (C=O) groups excluding carboxylic acids is 8. The number of piperazine rings is 1. The van der Waals surface area contributed by atoms with Gasteiger partial charge in [0.25, 0.3) is 18.2 Å². The van der Waals surface area contributed by atoms with Crippen LogP contribution >= 0.6 is 23.7 Å². The van der Waals surface area contributed by atoms with E-state index in [1.54, 1.807) is 12.1 Å². The van der Waals surface area contributed by atoms with Gasteiger partial charge in [0.15, 0.2) is 11.5 Å². The third-order valence-corrected chi connectivity index (χ3v) is 19.3. The van der Waals surface area contributed by atoms with Crippen LogP contribution in [0.5, 0.6) is 11.5 Å². The topological polar surface area (TPSA) is 451 Å². The molecule has 15 N–H and O–H groups in total. The Morgan fingerprint density at radius 1 is 0.745 bits per heavy atom. The number of nitrogens with zero attached hydrogens (tertiary/aromatic N) is 6. The van der Waals surface area contributed by atoms with Crippen molar-refractivity contribution in [2.45, 2.75) is 151 Å². The average molecular weight is 1350 g/mol. The van der Waals surface area contributed by atoms with Crippen LogP contribution in [-0.2, 0) is 49.4 Å². The molecular formula is C61H80N12O19S2. The van der Waals surface area contributed by atoms with Gasteiger partial charge in [-0.25, -0.2) is 5.26 Å². The van der Waals surface area contributed by atoms with Crippen molar-refractivity contribution in [3.8, 4) is 32.6 Å². The number of aliphatic hydroxyl groups excluding tert-OH is 6. The Kier molecular flexibility index (Phi) is 23.8. The Balaban J connectivity index is 0.955. The standard InChI is InChI=1S/C61H80N12O19S2/c1-30-4-13-37(14-5-30)70-18-20-71(21-19-70)38-15-11-36(12-16-38)59-69-68-58(93-59)35-9-7-34(8-10-35)53(82)64-41-24-39(75)27-63-57(86)51-52(81)31(2)28-73(51)61(88)50(45(79)26-47(62)80)67-56(85)49(44(78)22-33-6-17-43(77)46(23-33)90-94-92-91-89)66-55(84)42-25-40(76)29-72(42)60(87)48(32(3)74)65-54(41)83/h6-12,15-17,23,30-32,37,39-42,44-45,48-52,74-79,81,89H,4-5,13-14,18-22,24-29H2,1-3H3,(H2,62,80)(H,63,86)(H,64,82)(H,65,83)(H,66,84)(H,67,85)/t30?,31?,32?,37?,39?,40?,41-,42?,44?,45?,48?,49?,50?,51?,52?/m0/s1. The molecule has 4 aliphatic heterocycles. The van der Waals surface area contributed by atoms with Gasteiger partial charge in [-0.1, -0.05) is 52.8 Å². The number of aromatic nitrogens is 2. The highest BCUT2D eigenvalue weighted by atomic mass is 32.2. The van der Waals surface area contributed by atoms with Gasteiger partial charge in [-0.2, -0.15) is 0 Å². The Hall–Kier alpha value is -7.67. The Labute approximate surface area is 548 Å². The Morgan fingerprint density at radius 3 is 2.01 bits per heavy atom. The van der Waals surface area contributed by atoms with E-state index < -0.39 is 177 Å². The molecule has 9 rings (SSSR count). The molecule has 0 radical (unpaired) electrons. The fraction of sp³-hybridized carbons (Fsp3) is 0.541. The molecule has 5 fully saturated rings. The molecule has 1 aliphatic carbocycles. The number of rotatable bonds is 17. The van der Waals surface area contributed by atoms with Crippen LogP contribution in [0.15, 0.2) is 66.7 Å². The Bertz CT molecular complexity index is 3340. The molecule has 1 saturated carbocycles. The van der Waals surface area contributed by atoms with Gasteiger partial charge in [0, 0.05) is 99.4 Å². The lowest BCUT2D eigenvalue weighted by atomic mass is 9.86. The second-order valence-electron chi connectivity index (χ2n) is 24.7. The van der Waals surface area contributed by atoms with E-state index >= 15 is 0 Å². The van der Waals surface area contributed by atoms with Crippen molar-refractivity contribution < 1.29 is 92.9 Å². The molecule has 13 atom stereocenters. The second kappa shape index (κ2) is 31.7. The number of benzene rings is 3. The smallest absolute Gasteiger partial charge is 0.261 e. The summed E-state index contributed by atoms with van der Waals surface area (Å²) in [6.45, 7) is 7.17. The number of aliphatic hydroxyl groups is 6. The van der Waals surface area contributed by atoms with Crippen LogP contribution in [0.25, 0.3) is 21.1 Å². The van der Waals surface area contributed by atoms with E-state index in [0.717, 1.165) is 72.2 Å². The summed E-state index contributed by atoms with van der Waals surface area (Å²) in [6.07, 6.45) is -8.49. The highest BCUT2D eigenvalue weighted by Crippen LogP contribution is 2.35. The molecule has 0 bridgehead atoms. The minimum atomic E-state index is -2.22. The van der Waals surface area contributed by atoms with E-state index in [4.69, 9.17) is 15.2 Å². The molecule has 5 heterocycles. The van der Waals surface area contributed by atoms with Crippen LogP contribution in [-0.4, -0.2) is 238 Å². The van der Waals surface area contributed by atoms with Crippen molar-refractivity contribution in [3.05, 3.63) is 77.9 Å². The molecule has 0 spiro atoms. The molecule has 8 amide bonds. The molecule has 33 heteroatoms. The van der Waals surface area contributed by atoms with Crippen molar-refractivity contribution >= 4 is 76.6 Å². The summed E-state index contributed by atoms with van der Waals surface area (Å²) in [5.74, 6) is -10.2. The zero-order chi connectivity index (χ0) is 67.7. The number of aromatic hydroxyl groups is 1. The van der Waals surface area contributed by atoms with E-state index in [2.05, 4.69) is 75.0 Å². The summed E-state index contributed by atoms with van der Waals surface area (Å²) in [7, 11) is 0. The summed E-state index contributed by atoms with van der Waals surface area (Å²) in [4.78, 5) is 120. The maximum Gasteiger partial charge on any atom is 0.261 e. The highest BCUT2D eigenvalue weighted by molar-refractivity contribution is 7.90. The summed E-state index contributed by atoms with van der Waals surface area (Å²) in [5, 5.41) is 113. The van der Waals surface area contributed by atoms with Gasteiger partial charge < -0.3 is 86.9 Å². The second-order valence-corrected chi connectivity index (χ2v) is 26.2. The number of carbonyl (C=O) groups is 8. The lowest BCUT2D eigenvalue weighted by Crippen LogP contribution is -2.64. The molecule has 3 aromatic carbocycles. The molecule has 4 aromatic rings. The van der Waals surface area contributed by atoms with E-state index in [0.29, 0.717) is 21.6 Å². The minimum absolute atomic E-state index is 0.0184. The molecule has 5 aliphatic rings. The maximum absolute atomic E-state index is 14.7. The number of fused-ring (bicyclic) bond motifs is 2. The van der Waals surface area contributed by atoms with Crippen molar-refractivity contribution in [1.29, 1.82) is 0 Å². The maximum atomic E-state index is 14.7. The lowest BCUT2D eigenvalue weighted by Gasteiger charge is -2.42. The quantitative estimate of drug-likeness (QED) is 0.0247. The number of primary amides is 1. The van der Waals surface area contributed by atoms with Crippen molar-refractivity contribution in [2.24, 2.45) is 17.6 Å². The lowest BCUT2D eigenvalue weighted by molar-refractivity contribution is -0.433. The number of phenolic OH excluding ortho intramolecular Hbond substituents is 1. The first-order valence-electron chi connectivity index (χ1n) is 31.0. The highest BCUT2D eigenvalue weighted by Gasteiger charge is 2.50. The predicted molar refractivity (Wildman–Crippen MR) is 336 cm³/mol. The number of β-amino-alcohol motifs (C(OH)–C–C–N with tert-alkyl or cyclic N) is 1. The van der Waals surface area contributed by atoms with Crippen molar-refractivity contribution in [1.82, 2.24) is 51.5 Å². The first-order chi connectivity index (χ1) is 44.9. The van der Waals surface area contributed by atoms with Gasteiger partial charge in [-0.15, -0.1) is 10.2 Å². The Morgan fingerprint density at radius 2 is 1.37 bits per heavy atom. The van der Waals surface area contributed by atoms with Crippen LogP contribution in [0.4, 0.5) is 5.69 Å². The van der Waals surface area contributed by atoms with Crippen LogP contribution in [0, 0.1) is 11.8 Å². The SMILES string of the molecule is CC1CCC(N2CCN(c3ccc(-c4nnc(-c5ccc(C(=O)N[C@H]6CC(O)CNC(=O)C7C(O)C(C)CN7C(=O)C(C(O)CC(N)=O)NC(=O)C(C(O)Cc7ccc(O)c(OSOOO)c7)NC(=O)C7CC(O)CN7C(=O)C(C(C)O)NC6=O)cc5)s4)cc3)CC2)CC1. The normalized spacial score (nSPS) is 28.2. The first kappa shape index (κ1) is 70.6.